The smallest absolute Gasteiger partial charge is 0.306 e. The highest BCUT2D eigenvalue weighted by atomic mass is 16.6. The topological polar surface area (TPSA) is 78.9 Å². The summed E-state index contributed by atoms with van der Waals surface area (Å²) >= 11 is 0. The van der Waals surface area contributed by atoms with Gasteiger partial charge in [-0.05, 0) is 96.3 Å². The highest BCUT2D eigenvalue weighted by Gasteiger charge is 2.19. The molecule has 6 heteroatoms. The number of carbonyl (C=O) groups is 3. The summed E-state index contributed by atoms with van der Waals surface area (Å²) < 4.78 is 16.9. The van der Waals surface area contributed by atoms with Crippen LogP contribution in [-0.2, 0) is 28.6 Å². The van der Waals surface area contributed by atoms with Crippen molar-refractivity contribution in [1.82, 2.24) is 0 Å². The van der Waals surface area contributed by atoms with Gasteiger partial charge in [0.15, 0.2) is 6.10 Å². The SMILES string of the molecule is CC/C=C\C/C=C\C/C=C\C/C=C\CCCCCCC(=O)OC(COC(=O)CCCC/C=C\C/C=C\C/C=C\C/C=C\CC)COC(=O)CCCCCCCCCCCCCCCCCCCCCCCCCCCCCCC. The fourth-order valence-corrected chi connectivity index (χ4v) is 9.60. The first-order chi connectivity index (χ1) is 39.0. The predicted octanol–water partition coefficient (Wildman–Crippen LogP) is 23.2. The second kappa shape index (κ2) is 66.8. The zero-order valence-corrected chi connectivity index (χ0v) is 52.1. The molecule has 0 aliphatic heterocycles. The third kappa shape index (κ3) is 65.0. The highest BCUT2D eigenvalue weighted by Crippen LogP contribution is 2.18. The Bertz CT molecular complexity index is 1540. The van der Waals surface area contributed by atoms with E-state index in [1.165, 1.54) is 167 Å². The summed E-state index contributed by atoms with van der Waals surface area (Å²) in [5.41, 5.74) is 0. The Labute approximate surface area is 489 Å². The lowest BCUT2D eigenvalue weighted by Crippen LogP contribution is -2.30. The molecule has 0 fully saturated rings. The lowest BCUT2D eigenvalue weighted by molar-refractivity contribution is -0.167. The van der Waals surface area contributed by atoms with Crippen molar-refractivity contribution in [1.29, 1.82) is 0 Å². The molecule has 0 rings (SSSR count). The Morgan fingerprint density at radius 2 is 0.494 bits per heavy atom. The van der Waals surface area contributed by atoms with Gasteiger partial charge >= 0.3 is 17.9 Å². The number of allylic oxidation sites excluding steroid dienone is 16. The molecule has 0 saturated carbocycles. The maximum atomic E-state index is 12.9. The number of unbranched alkanes of at least 4 members (excludes halogenated alkanes) is 34. The van der Waals surface area contributed by atoms with Crippen molar-refractivity contribution in [2.24, 2.45) is 0 Å². The third-order valence-electron chi connectivity index (χ3n) is 14.6. The zero-order valence-electron chi connectivity index (χ0n) is 52.1. The molecule has 1 unspecified atom stereocenters. The largest absolute Gasteiger partial charge is 0.462 e. The molecule has 0 aromatic carbocycles. The number of esters is 3. The van der Waals surface area contributed by atoms with Crippen LogP contribution in [0.15, 0.2) is 97.2 Å². The molecule has 0 saturated heterocycles. The van der Waals surface area contributed by atoms with Crippen LogP contribution >= 0.6 is 0 Å². The van der Waals surface area contributed by atoms with Crippen molar-refractivity contribution in [3.05, 3.63) is 97.2 Å². The molecule has 0 bridgehead atoms. The number of hydrogen-bond donors (Lipinski definition) is 0. The molecule has 0 radical (unpaired) electrons. The quantitative estimate of drug-likeness (QED) is 0.0261. The Kier molecular flexibility index (Phi) is 63.7. The van der Waals surface area contributed by atoms with Crippen molar-refractivity contribution in [2.45, 2.75) is 335 Å². The maximum Gasteiger partial charge on any atom is 0.306 e. The molecule has 79 heavy (non-hydrogen) atoms. The molecule has 0 heterocycles. The Hall–Kier alpha value is -3.67. The van der Waals surface area contributed by atoms with Gasteiger partial charge in [0.1, 0.15) is 13.2 Å². The van der Waals surface area contributed by atoms with Crippen LogP contribution in [-0.4, -0.2) is 37.2 Å². The molecule has 0 spiro atoms. The Balaban J connectivity index is 4.28. The lowest BCUT2D eigenvalue weighted by atomic mass is 10.0. The van der Waals surface area contributed by atoms with Crippen molar-refractivity contribution in [2.75, 3.05) is 13.2 Å². The van der Waals surface area contributed by atoms with Crippen LogP contribution in [0.4, 0.5) is 0 Å². The van der Waals surface area contributed by atoms with Crippen molar-refractivity contribution in [3.8, 4) is 0 Å². The van der Waals surface area contributed by atoms with Gasteiger partial charge < -0.3 is 14.2 Å². The van der Waals surface area contributed by atoms with E-state index in [2.05, 4.69) is 118 Å². The molecular formula is C73H126O6. The van der Waals surface area contributed by atoms with Crippen LogP contribution in [0.25, 0.3) is 0 Å². The van der Waals surface area contributed by atoms with Crippen LogP contribution in [0, 0.1) is 0 Å². The van der Waals surface area contributed by atoms with E-state index in [1.807, 2.05) is 0 Å². The van der Waals surface area contributed by atoms with Gasteiger partial charge in [-0.15, -0.1) is 0 Å². The Morgan fingerprint density at radius 3 is 0.797 bits per heavy atom. The number of hydrogen-bond acceptors (Lipinski definition) is 6. The van der Waals surface area contributed by atoms with Crippen molar-refractivity contribution in [3.63, 3.8) is 0 Å². The van der Waals surface area contributed by atoms with E-state index in [0.717, 1.165) is 122 Å². The molecule has 0 aliphatic carbocycles. The molecule has 0 aliphatic rings. The summed E-state index contributed by atoms with van der Waals surface area (Å²) in [5.74, 6) is -0.955. The highest BCUT2D eigenvalue weighted by molar-refractivity contribution is 5.71. The Morgan fingerprint density at radius 1 is 0.266 bits per heavy atom. The molecule has 0 N–H and O–H groups in total. The minimum atomic E-state index is -0.809. The third-order valence-corrected chi connectivity index (χ3v) is 14.6. The van der Waals surface area contributed by atoms with E-state index >= 15 is 0 Å². The summed E-state index contributed by atoms with van der Waals surface area (Å²) in [5, 5.41) is 0. The minimum Gasteiger partial charge on any atom is -0.462 e. The van der Waals surface area contributed by atoms with Gasteiger partial charge in [-0.25, -0.2) is 0 Å². The van der Waals surface area contributed by atoms with E-state index < -0.39 is 6.10 Å². The summed E-state index contributed by atoms with van der Waals surface area (Å²) in [6.45, 7) is 6.39. The average Bonchev–Trinajstić information content (AvgIpc) is 3.45. The van der Waals surface area contributed by atoms with Gasteiger partial charge in [0.2, 0.25) is 0 Å². The van der Waals surface area contributed by atoms with Crippen LogP contribution in [0.3, 0.4) is 0 Å². The number of ether oxygens (including phenoxy) is 3. The van der Waals surface area contributed by atoms with Gasteiger partial charge in [-0.2, -0.15) is 0 Å². The molecule has 0 aromatic heterocycles. The molecule has 6 nitrogen and oxygen atoms in total. The van der Waals surface area contributed by atoms with Crippen molar-refractivity contribution >= 4 is 17.9 Å². The van der Waals surface area contributed by atoms with Gasteiger partial charge in [-0.1, -0.05) is 311 Å². The molecule has 454 valence electrons. The van der Waals surface area contributed by atoms with Gasteiger partial charge in [0.25, 0.3) is 0 Å². The van der Waals surface area contributed by atoms with Crippen LogP contribution in [0.2, 0.25) is 0 Å². The van der Waals surface area contributed by atoms with Crippen LogP contribution in [0.1, 0.15) is 329 Å². The normalized spacial score (nSPS) is 12.7. The molecule has 0 aromatic rings. The monoisotopic (exact) mass is 1100 g/mol. The van der Waals surface area contributed by atoms with E-state index in [4.69, 9.17) is 14.2 Å². The second-order valence-corrected chi connectivity index (χ2v) is 22.3. The van der Waals surface area contributed by atoms with E-state index in [1.54, 1.807) is 0 Å². The lowest BCUT2D eigenvalue weighted by Gasteiger charge is -2.18. The number of rotatable bonds is 61. The zero-order chi connectivity index (χ0) is 57.1. The van der Waals surface area contributed by atoms with Crippen LogP contribution in [0.5, 0.6) is 0 Å². The minimum absolute atomic E-state index is 0.0991. The van der Waals surface area contributed by atoms with Gasteiger partial charge in [-0.3, -0.25) is 14.4 Å². The van der Waals surface area contributed by atoms with Crippen molar-refractivity contribution < 1.29 is 28.6 Å². The fraction of sp³-hybridized carbons (Fsp3) is 0.740. The van der Waals surface area contributed by atoms with Gasteiger partial charge in [0.05, 0.1) is 0 Å². The summed E-state index contributed by atoms with van der Waals surface area (Å²) in [4.78, 5) is 38.3. The maximum absolute atomic E-state index is 12.9. The molecule has 1 atom stereocenters. The summed E-state index contributed by atoms with van der Waals surface area (Å²) in [6, 6.07) is 0. The number of carbonyl (C=O) groups excluding carboxylic acids is 3. The summed E-state index contributed by atoms with van der Waals surface area (Å²) in [7, 11) is 0. The first kappa shape index (κ1) is 75.3. The van der Waals surface area contributed by atoms with Crippen LogP contribution < -0.4 is 0 Å². The first-order valence-corrected chi connectivity index (χ1v) is 33.7. The molecular weight excluding hydrogens is 973 g/mol. The van der Waals surface area contributed by atoms with E-state index in [-0.39, 0.29) is 31.1 Å². The second-order valence-electron chi connectivity index (χ2n) is 22.3. The average molecular weight is 1100 g/mol. The van der Waals surface area contributed by atoms with E-state index in [0.29, 0.717) is 19.3 Å². The summed E-state index contributed by atoms with van der Waals surface area (Å²) in [6.07, 6.45) is 90.2. The first-order valence-electron chi connectivity index (χ1n) is 33.7. The predicted molar refractivity (Wildman–Crippen MR) is 344 cm³/mol. The fourth-order valence-electron chi connectivity index (χ4n) is 9.60. The van der Waals surface area contributed by atoms with E-state index in [9.17, 15) is 14.4 Å². The standard InChI is InChI=1S/C73H126O6/c1-4-7-10-13-16-19-22-25-28-30-31-32-33-34-35-36-37-38-39-40-41-43-45-48-51-54-57-60-63-66-72(75)78-69-70(68-77-71(74)65-62-59-56-53-50-47-44-27-24-21-18-15-12-9-6-3)79-73(76)67-64-61-58-55-52-49-46-42-29-26-23-20-17-14-11-8-5-2/h8-9,11-12,17-18,20-21,26-27,29,44,46,49-50,53,70H,4-7,10,13-16,19,22-25,28,30-43,45,47-48,51-52,54-69H2,1-3H3/b11-8-,12-9-,20-17-,21-18-,29-26-,44-27-,49-46-,53-50-. The molecule has 0 amide bonds. The van der Waals surface area contributed by atoms with Gasteiger partial charge in [0, 0.05) is 19.3 Å².